The number of benzene rings is 2. The molecule has 2 aromatic carbocycles. The molecule has 0 radical (unpaired) electrons. The van der Waals surface area contributed by atoms with Crippen LogP contribution in [0.3, 0.4) is 0 Å². The fourth-order valence-electron chi connectivity index (χ4n) is 3.28. The lowest BCUT2D eigenvalue weighted by Gasteiger charge is -2.20. The molecule has 34 heavy (non-hydrogen) atoms. The Morgan fingerprint density at radius 3 is 2.18 bits per heavy atom. The summed E-state index contributed by atoms with van der Waals surface area (Å²) in [6.45, 7) is 4.99. The van der Waals surface area contributed by atoms with Gasteiger partial charge in [-0.3, -0.25) is 10.2 Å². The molecule has 0 atom stereocenters. The minimum atomic E-state index is -0.430. The first kappa shape index (κ1) is 23.6. The molecule has 4 rings (SSSR count). The van der Waals surface area contributed by atoms with E-state index in [0.29, 0.717) is 30.0 Å². The first-order valence-corrected chi connectivity index (χ1v) is 11.7. The summed E-state index contributed by atoms with van der Waals surface area (Å²) in [6.07, 6.45) is 2.44. The van der Waals surface area contributed by atoms with Crippen molar-refractivity contribution in [1.82, 2.24) is 5.01 Å². The second-order valence-corrected chi connectivity index (χ2v) is 9.09. The van der Waals surface area contributed by atoms with Gasteiger partial charge in [-0.05, 0) is 65.7 Å². The fraction of sp³-hybridized carbons (Fsp3) is 0.280. The number of nitrogens with zero attached hydrogens (tertiary/aromatic N) is 3. The van der Waals surface area contributed by atoms with Crippen LogP contribution in [-0.2, 0) is 4.79 Å². The van der Waals surface area contributed by atoms with Crippen LogP contribution in [0.15, 0.2) is 64.2 Å². The van der Waals surface area contributed by atoms with Crippen LogP contribution >= 0.6 is 11.8 Å². The highest BCUT2D eigenvalue weighted by atomic mass is 32.2. The summed E-state index contributed by atoms with van der Waals surface area (Å²) in [5.41, 5.74) is 0.979. The Hall–Kier alpha value is -3.59. The number of rotatable bonds is 9. The van der Waals surface area contributed by atoms with Gasteiger partial charge in [0, 0.05) is 6.42 Å². The maximum atomic E-state index is 12.5. The number of hydrazone groups is 1. The Morgan fingerprint density at radius 2 is 1.59 bits per heavy atom. The van der Waals surface area contributed by atoms with Gasteiger partial charge in [-0.25, -0.2) is 0 Å². The molecule has 2 aromatic rings. The summed E-state index contributed by atoms with van der Waals surface area (Å²) in [5.74, 6) is 2.25. The van der Waals surface area contributed by atoms with Crippen LogP contribution in [0.5, 0.6) is 17.2 Å². The van der Waals surface area contributed by atoms with Gasteiger partial charge in [-0.15, -0.1) is 0 Å². The Kier molecular flexibility index (Phi) is 7.32. The molecule has 1 amide bonds. The molecule has 9 heteroatoms. The molecular formula is C25H26N4O4S. The van der Waals surface area contributed by atoms with E-state index in [-0.39, 0.29) is 11.4 Å². The molecule has 0 fully saturated rings. The highest BCUT2D eigenvalue weighted by Gasteiger charge is 2.35. The van der Waals surface area contributed by atoms with Crippen molar-refractivity contribution in [1.29, 1.82) is 5.41 Å². The van der Waals surface area contributed by atoms with E-state index in [9.17, 15) is 4.79 Å². The molecule has 0 unspecified atom stereocenters. The van der Waals surface area contributed by atoms with Crippen molar-refractivity contribution in [2.24, 2.45) is 16.0 Å². The Bertz CT molecular complexity index is 1150. The number of methoxy groups -OCH3 is 1. The number of nitrogens with one attached hydrogen (secondary N) is 1. The second-order valence-electron chi connectivity index (χ2n) is 8.05. The standard InChI is InChI=1S/C25H26N4O4S/c1-16(2)14-22-28-29-23(26)21(24(30)27-25(29)34-22)15-17-4-6-19(7-5-17)32-12-13-33-20-10-8-18(31-3)9-11-20/h4-11,15-16,26H,12-14H2,1-3H3/b21-15+,26-23?. The van der Waals surface area contributed by atoms with Gasteiger partial charge in [-0.2, -0.15) is 15.1 Å². The van der Waals surface area contributed by atoms with Crippen LogP contribution in [0.25, 0.3) is 6.08 Å². The van der Waals surface area contributed by atoms with E-state index in [4.69, 9.17) is 19.6 Å². The number of carbonyl (C=O) groups is 1. The van der Waals surface area contributed by atoms with Gasteiger partial charge in [-0.1, -0.05) is 26.0 Å². The Balaban J connectivity index is 1.33. The lowest BCUT2D eigenvalue weighted by molar-refractivity contribution is -0.114. The molecule has 0 saturated heterocycles. The first-order valence-electron chi connectivity index (χ1n) is 10.9. The maximum Gasteiger partial charge on any atom is 0.283 e. The minimum absolute atomic E-state index is 0.0391. The number of fused-ring (bicyclic) bond motifs is 1. The van der Waals surface area contributed by atoms with E-state index in [1.807, 2.05) is 48.5 Å². The smallest absolute Gasteiger partial charge is 0.283 e. The highest BCUT2D eigenvalue weighted by molar-refractivity contribution is 8.26. The third kappa shape index (κ3) is 5.66. The van der Waals surface area contributed by atoms with Crippen molar-refractivity contribution < 1.29 is 19.0 Å². The van der Waals surface area contributed by atoms with Crippen LogP contribution in [0.2, 0.25) is 0 Å². The average Bonchev–Trinajstić information content (AvgIpc) is 3.22. The summed E-state index contributed by atoms with van der Waals surface area (Å²) in [7, 11) is 1.62. The number of amidine groups is 2. The molecule has 0 saturated carbocycles. The zero-order valence-corrected chi connectivity index (χ0v) is 20.1. The number of hydrogen-bond donors (Lipinski definition) is 1. The van der Waals surface area contributed by atoms with Crippen molar-refractivity contribution in [2.75, 3.05) is 20.3 Å². The maximum absolute atomic E-state index is 12.5. The average molecular weight is 479 g/mol. The molecule has 2 heterocycles. The van der Waals surface area contributed by atoms with Gasteiger partial charge in [0.25, 0.3) is 5.91 Å². The largest absolute Gasteiger partial charge is 0.497 e. The molecule has 176 valence electrons. The number of carbonyl (C=O) groups excluding carboxylic acids is 1. The van der Waals surface area contributed by atoms with Gasteiger partial charge >= 0.3 is 0 Å². The molecule has 0 aliphatic carbocycles. The molecule has 2 aliphatic heterocycles. The summed E-state index contributed by atoms with van der Waals surface area (Å²) >= 11 is 1.35. The van der Waals surface area contributed by atoms with Gasteiger partial charge < -0.3 is 14.2 Å². The molecule has 8 nitrogen and oxygen atoms in total. The van der Waals surface area contributed by atoms with Gasteiger partial charge in [0.1, 0.15) is 35.5 Å². The highest BCUT2D eigenvalue weighted by Crippen LogP contribution is 2.30. The van der Waals surface area contributed by atoms with Crippen LogP contribution in [0.1, 0.15) is 25.8 Å². The molecule has 1 N–H and O–H groups in total. The van der Waals surface area contributed by atoms with Crippen molar-refractivity contribution in [3.05, 3.63) is 59.7 Å². The normalized spacial score (nSPS) is 16.5. The van der Waals surface area contributed by atoms with Crippen LogP contribution in [0, 0.1) is 11.3 Å². The van der Waals surface area contributed by atoms with Gasteiger partial charge in [0.05, 0.1) is 12.7 Å². The first-order chi connectivity index (χ1) is 16.4. The summed E-state index contributed by atoms with van der Waals surface area (Å²) in [5, 5.41) is 15.7. The predicted octanol–water partition coefficient (Wildman–Crippen LogP) is 4.82. The van der Waals surface area contributed by atoms with E-state index in [1.165, 1.54) is 16.8 Å². The molecule has 2 aliphatic rings. The third-order valence-electron chi connectivity index (χ3n) is 4.95. The van der Waals surface area contributed by atoms with E-state index < -0.39 is 5.91 Å². The number of ether oxygens (including phenoxy) is 3. The SMILES string of the molecule is COc1ccc(OCCOc2ccc(/C=C3\C(=N)N4N=C(CC(C)C)SC4=NC3=O)cc2)cc1. The van der Waals surface area contributed by atoms with Crippen LogP contribution in [-0.4, -0.2) is 47.3 Å². The number of thioether (sulfide) groups is 1. The lowest BCUT2D eigenvalue weighted by atomic mass is 10.1. The summed E-state index contributed by atoms with van der Waals surface area (Å²) in [4.78, 5) is 16.7. The number of hydrogen-bond acceptors (Lipinski definition) is 7. The Labute approximate surface area is 202 Å². The van der Waals surface area contributed by atoms with E-state index in [0.717, 1.165) is 28.5 Å². The lowest BCUT2D eigenvalue weighted by Crippen LogP contribution is -2.35. The van der Waals surface area contributed by atoms with E-state index >= 15 is 0 Å². The van der Waals surface area contributed by atoms with E-state index in [2.05, 4.69) is 23.9 Å². The number of aliphatic imine (C=N–C) groups is 1. The van der Waals surface area contributed by atoms with Crippen LogP contribution in [0.4, 0.5) is 0 Å². The fourth-order valence-corrected chi connectivity index (χ4v) is 4.38. The third-order valence-corrected chi connectivity index (χ3v) is 5.88. The summed E-state index contributed by atoms with van der Waals surface area (Å²) < 4.78 is 16.5. The zero-order valence-electron chi connectivity index (χ0n) is 19.3. The van der Waals surface area contributed by atoms with E-state index in [1.54, 1.807) is 13.2 Å². The Morgan fingerprint density at radius 1 is 1.00 bits per heavy atom. The van der Waals surface area contributed by atoms with Gasteiger partial charge in [0.2, 0.25) is 5.17 Å². The minimum Gasteiger partial charge on any atom is -0.497 e. The monoisotopic (exact) mass is 478 g/mol. The molecule has 0 bridgehead atoms. The van der Waals surface area contributed by atoms with Crippen molar-refractivity contribution >= 4 is 39.8 Å². The second kappa shape index (κ2) is 10.6. The molecular weight excluding hydrogens is 452 g/mol. The van der Waals surface area contributed by atoms with Crippen molar-refractivity contribution in [3.63, 3.8) is 0 Å². The van der Waals surface area contributed by atoms with Gasteiger partial charge in [0.15, 0.2) is 5.84 Å². The summed E-state index contributed by atoms with van der Waals surface area (Å²) in [6, 6.07) is 14.7. The topological polar surface area (TPSA) is 96.6 Å². The van der Waals surface area contributed by atoms with Crippen molar-refractivity contribution in [2.45, 2.75) is 20.3 Å². The molecule has 0 spiro atoms. The van der Waals surface area contributed by atoms with Crippen LogP contribution < -0.4 is 14.2 Å². The number of amides is 1. The predicted molar refractivity (Wildman–Crippen MR) is 135 cm³/mol. The molecule has 0 aromatic heterocycles. The zero-order chi connectivity index (χ0) is 24.1. The van der Waals surface area contributed by atoms with Crippen molar-refractivity contribution in [3.8, 4) is 17.2 Å². The quantitative estimate of drug-likeness (QED) is 0.410.